The average molecular weight is 720 g/mol. The fraction of sp³-hybridized carbons (Fsp3) is 0.0196. The largest absolute Gasteiger partial charge is 0.456 e. The lowest BCUT2D eigenvalue weighted by Crippen LogP contribution is -2.33. The van der Waals surface area contributed by atoms with E-state index in [4.69, 9.17) is 18.8 Å². The molecule has 56 heavy (non-hydrogen) atoms. The van der Waals surface area contributed by atoms with E-state index < -0.39 is 6.17 Å². The van der Waals surface area contributed by atoms with Gasteiger partial charge in [0, 0.05) is 32.7 Å². The molecular formula is C51H33N3O2. The number of para-hydroxylation sites is 2. The van der Waals surface area contributed by atoms with Crippen molar-refractivity contribution in [3.8, 4) is 33.4 Å². The normalized spacial score (nSPS) is 14.2. The van der Waals surface area contributed by atoms with E-state index in [1.807, 2.05) is 48.5 Å². The highest BCUT2D eigenvalue weighted by atomic mass is 16.3. The van der Waals surface area contributed by atoms with Gasteiger partial charge < -0.3 is 14.2 Å². The van der Waals surface area contributed by atoms with E-state index in [0.29, 0.717) is 5.84 Å². The van der Waals surface area contributed by atoms with E-state index in [1.165, 1.54) is 22.3 Å². The molecule has 1 atom stereocenters. The molecule has 0 radical (unpaired) electrons. The van der Waals surface area contributed by atoms with E-state index in [0.717, 1.165) is 77.5 Å². The fourth-order valence-electron chi connectivity index (χ4n) is 7.89. The van der Waals surface area contributed by atoms with Crippen molar-refractivity contribution in [3.63, 3.8) is 0 Å². The van der Waals surface area contributed by atoms with Crippen molar-refractivity contribution in [2.45, 2.75) is 6.17 Å². The third-order valence-corrected chi connectivity index (χ3v) is 10.8. The third-order valence-electron chi connectivity index (χ3n) is 10.8. The van der Waals surface area contributed by atoms with E-state index in [9.17, 15) is 0 Å². The lowest BCUT2D eigenvalue weighted by Gasteiger charge is -2.23. The molecule has 0 aliphatic carbocycles. The van der Waals surface area contributed by atoms with Gasteiger partial charge in [0.15, 0.2) is 5.84 Å². The average Bonchev–Trinajstić information content (AvgIpc) is 3.85. The van der Waals surface area contributed by atoms with Crippen molar-refractivity contribution in [2.75, 3.05) is 0 Å². The summed E-state index contributed by atoms with van der Waals surface area (Å²) in [5, 5.41) is 7.85. The van der Waals surface area contributed by atoms with E-state index >= 15 is 0 Å². The fourth-order valence-corrected chi connectivity index (χ4v) is 7.89. The van der Waals surface area contributed by atoms with Gasteiger partial charge in [-0.2, -0.15) is 0 Å². The maximum atomic E-state index is 6.73. The van der Waals surface area contributed by atoms with Crippen LogP contribution in [0.15, 0.2) is 207 Å². The SMILES string of the molecule is c1ccc(C2=NC(c3cccc4c3oc3cc(-c5ccc(-c6ccc(-c7ccccc7)cc6)cc5)ccc34)=NC(c3ccc4c(c3)oc3ccccc34)N2)cc1. The zero-order chi connectivity index (χ0) is 37.0. The topological polar surface area (TPSA) is 63.0 Å². The second kappa shape index (κ2) is 13.1. The minimum absolute atomic E-state index is 0.397. The molecule has 264 valence electrons. The highest BCUT2D eigenvalue weighted by molar-refractivity contribution is 6.19. The minimum atomic E-state index is -0.397. The smallest absolute Gasteiger partial charge is 0.163 e. The third kappa shape index (κ3) is 5.57. The predicted octanol–water partition coefficient (Wildman–Crippen LogP) is 13.0. The van der Waals surface area contributed by atoms with Crippen LogP contribution in [0.25, 0.3) is 77.3 Å². The molecule has 0 spiro atoms. The summed E-state index contributed by atoms with van der Waals surface area (Å²) in [7, 11) is 0. The number of amidine groups is 2. The van der Waals surface area contributed by atoms with Gasteiger partial charge in [-0.15, -0.1) is 0 Å². The van der Waals surface area contributed by atoms with E-state index in [-0.39, 0.29) is 0 Å². The quantitative estimate of drug-likeness (QED) is 0.186. The lowest BCUT2D eigenvalue weighted by molar-refractivity contribution is 0.653. The Labute approximate surface area is 322 Å². The van der Waals surface area contributed by atoms with Crippen LogP contribution in [0.1, 0.15) is 22.9 Å². The second-order valence-electron chi connectivity index (χ2n) is 14.2. The predicted molar refractivity (Wildman–Crippen MR) is 229 cm³/mol. The second-order valence-corrected chi connectivity index (χ2v) is 14.2. The molecular weight excluding hydrogens is 687 g/mol. The van der Waals surface area contributed by atoms with Crippen LogP contribution in [0.5, 0.6) is 0 Å². The molecule has 0 saturated carbocycles. The summed E-state index contributed by atoms with van der Waals surface area (Å²) in [5.41, 5.74) is 13.1. The Bertz CT molecular complexity index is 3140. The van der Waals surface area contributed by atoms with Crippen LogP contribution in [0.4, 0.5) is 0 Å². The molecule has 1 aliphatic heterocycles. The zero-order valence-corrected chi connectivity index (χ0v) is 30.2. The molecule has 2 aromatic heterocycles. The molecule has 1 N–H and O–H groups in total. The molecule has 0 saturated heterocycles. The number of hydrogen-bond donors (Lipinski definition) is 1. The van der Waals surface area contributed by atoms with Gasteiger partial charge >= 0.3 is 0 Å². The lowest BCUT2D eigenvalue weighted by atomic mass is 9.97. The highest BCUT2D eigenvalue weighted by Gasteiger charge is 2.24. The van der Waals surface area contributed by atoms with Gasteiger partial charge in [0.2, 0.25) is 0 Å². The molecule has 0 amide bonds. The van der Waals surface area contributed by atoms with Gasteiger partial charge in [-0.3, -0.25) is 0 Å². The maximum Gasteiger partial charge on any atom is 0.163 e. The van der Waals surface area contributed by atoms with Crippen LogP contribution in [-0.4, -0.2) is 11.7 Å². The van der Waals surface area contributed by atoms with Crippen LogP contribution < -0.4 is 5.32 Å². The molecule has 5 nitrogen and oxygen atoms in total. The molecule has 5 heteroatoms. The van der Waals surface area contributed by atoms with Crippen LogP contribution in [0.3, 0.4) is 0 Å². The summed E-state index contributed by atoms with van der Waals surface area (Å²) < 4.78 is 13.0. The van der Waals surface area contributed by atoms with Crippen molar-refractivity contribution >= 4 is 55.5 Å². The van der Waals surface area contributed by atoms with Crippen LogP contribution in [0, 0.1) is 0 Å². The van der Waals surface area contributed by atoms with Gasteiger partial charge in [0.1, 0.15) is 34.3 Å². The molecule has 0 fully saturated rings. The van der Waals surface area contributed by atoms with Crippen LogP contribution >= 0.6 is 0 Å². The molecule has 10 aromatic rings. The molecule has 11 rings (SSSR count). The number of rotatable bonds is 6. The van der Waals surface area contributed by atoms with Gasteiger partial charge in [0.25, 0.3) is 0 Å². The minimum Gasteiger partial charge on any atom is -0.456 e. The van der Waals surface area contributed by atoms with Gasteiger partial charge in [-0.25, -0.2) is 9.98 Å². The van der Waals surface area contributed by atoms with Gasteiger partial charge in [0.05, 0.1) is 5.56 Å². The number of hydrogen-bond acceptors (Lipinski definition) is 5. The van der Waals surface area contributed by atoms with E-state index in [1.54, 1.807) is 0 Å². The number of fused-ring (bicyclic) bond motifs is 6. The monoisotopic (exact) mass is 719 g/mol. The van der Waals surface area contributed by atoms with Crippen molar-refractivity contribution in [1.29, 1.82) is 0 Å². The van der Waals surface area contributed by atoms with Crippen molar-refractivity contribution < 1.29 is 8.83 Å². The summed E-state index contributed by atoms with van der Waals surface area (Å²) in [6, 6.07) is 65.3. The summed E-state index contributed by atoms with van der Waals surface area (Å²) in [6.45, 7) is 0. The number of nitrogens with one attached hydrogen (secondary N) is 1. The first-order chi connectivity index (χ1) is 27.7. The maximum absolute atomic E-state index is 6.73. The first-order valence-corrected chi connectivity index (χ1v) is 18.8. The van der Waals surface area contributed by atoms with Crippen LogP contribution in [-0.2, 0) is 0 Å². The van der Waals surface area contributed by atoms with Gasteiger partial charge in [-0.1, -0.05) is 158 Å². The number of aliphatic imine (C=N–C) groups is 2. The summed E-state index contributed by atoms with van der Waals surface area (Å²) in [6.07, 6.45) is -0.397. The standard InChI is InChI=1S/C51H33N3O2/c1-3-10-32(11-4-1)33-18-20-34(21-19-33)35-22-24-36(25-23-35)38-26-28-42-43-15-9-16-44(48(43)56-47(42)30-38)51-53-49(37-12-5-2-6-13-37)52-50(54-51)39-27-29-41-40-14-7-8-17-45(40)55-46(41)31-39/h1-31,50H,(H,52,53,54). The van der Waals surface area contributed by atoms with Crippen LogP contribution in [0.2, 0.25) is 0 Å². The van der Waals surface area contributed by atoms with Crippen molar-refractivity contribution in [2.24, 2.45) is 9.98 Å². The Balaban J connectivity index is 0.949. The summed E-state index contributed by atoms with van der Waals surface area (Å²) in [4.78, 5) is 10.3. The Morgan fingerprint density at radius 1 is 0.393 bits per heavy atom. The first kappa shape index (κ1) is 32.0. The van der Waals surface area contributed by atoms with Gasteiger partial charge in [-0.05, 0) is 63.7 Å². The van der Waals surface area contributed by atoms with Crippen molar-refractivity contribution in [1.82, 2.24) is 5.32 Å². The number of nitrogens with zero attached hydrogens (tertiary/aromatic N) is 2. The Morgan fingerprint density at radius 2 is 0.929 bits per heavy atom. The number of benzene rings is 8. The molecule has 1 unspecified atom stereocenters. The first-order valence-electron chi connectivity index (χ1n) is 18.8. The Hall–Kier alpha value is -7.50. The van der Waals surface area contributed by atoms with E-state index in [2.05, 4.69) is 145 Å². The highest BCUT2D eigenvalue weighted by Crippen LogP contribution is 2.37. The summed E-state index contributed by atoms with van der Waals surface area (Å²) >= 11 is 0. The number of furan rings is 2. The molecule has 0 bridgehead atoms. The Kier molecular flexibility index (Phi) is 7.49. The Morgan fingerprint density at radius 3 is 1.66 bits per heavy atom. The molecule has 8 aromatic carbocycles. The molecule has 3 heterocycles. The summed E-state index contributed by atoms with van der Waals surface area (Å²) in [5.74, 6) is 1.35. The zero-order valence-electron chi connectivity index (χ0n) is 30.2. The molecule has 1 aliphatic rings. The van der Waals surface area contributed by atoms with Crippen molar-refractivity contribution in [3.05, 3.63) is 205 Å².